The molecule has 0 saturated carbocycles. The molecule has 0 bridgehead atoms. The number of guanidine groups is 1. The first kappa shape index (κ1) is 22.0. The zero-order chi connectivity index (χ0) is 22.1. The third-order valence-electron chi connectivity index (χ3n) is 4.76. The number of pyridine rings is 1. The van der Waals surface area contributed by atoms with Gasteiger partial charge in [0.2, 0.25) is 5.75 Å². The maximum atomic E-state index is 5.42. The Balaban J connectivity index is 1.63. The molecule has 0 aliphatic carbocycles. The van der Waals surface area contributed by atoms with Gasteiger partial charge in [-0.2, -0.15) is 0 Å². The lowest BCUT2D eigenvalue weighted by Crippen LogP contribution is -2.36. The molecule has 2 N–H and O–H groups in total. The number of benzene rings is 2. The highest BCUT2D eigenvalue weighted by molar-refractivity contribution is 5.79. The molecule has 162 valence electrons. The summed E-state index contributed by atoms with van der Waals surface area (Å²) in [7, 11) is 6.55. The van der Waals surface area contributed by atoms with Gasteiger partial charge >= 0.3 is 0 Å². The molecular formula is C24H28N4O3. The van der Waals surface area contributed by atoms with Crippen molar-refractivity contribution < 1.29 is 14.2 Å². The second-order valence-electron chi connectivity index (χ2n) is 6.73. The summed E-state index contributed by atoms with van der Waals surface area (Å²) in [5.74, 6) is 2.50. The first-order chi connectivity index (χ1) is 15.2. The van der Waals surface area contributed by atoms with Crippen molar-refractivity contribution in [3.8, 4) is 28.5 Å². The lowest BCUT2D eigenvalue weighted by atomic mass is 10.1. The van der Waals surface area contributed by atoms with Gasteiger partial charge in [0, 0.05) is 31.9 Å². The van der Waals surface area contributed by atoms with Crippen LogP contribution in [0, 0.1) is 0 Å². The van der Waals surface area contributed by atoms with Crippen molar-refractivity contribution in [2.24, 2.45) is 4.99 Å². The van der Waals surface area contributed by atoms with E-state index in [0.717, 1.165) is 22.4 Å². The van der Waals surface area contributed by atoms with Gasteiger partial charge in [-0.05, 0) is 41.5 Å². The summed E-state index contributed by atoms with van der Waals surface area (Å²) in [5, 5.41) is 6.66. The molecule has 7 nitrogen and oxygen atoms in total. The average molecular weight is 421 g/mol. The molecule has 1 heterocycles. The van der Waals surface area contributed by atoms with Gasteiger partial charge < -0.3 is 24.8 Å². The molecule has 3 aromatic rings. The SMILES string of the molecule is CN=C(NCc1cccc(-c2ccccn2)c1)NCc1cc(OC)c(OC)c(OC)c1. The minimum Gasteiger partial charge on any atom is -0.493 e. The highest BCUT2D eigenvalue weighted by Crippen LogP contribution is 2.38. The summed E-state index contributed by atoms with van der Waals surface area (Å²) in [4.78, 5) is 8.73. The highest BCUT2D eigenvalue weighted by atomic mass is 16.5. The highest BCUT2D eigenvalue weighted by Gasteiger charge is 2.13. The summed E-state index contributed by atoms with van der Waals surface area (Å²) >= 11 is 0. The zero-order valence-electron chi connectivity index (χ0n) is 18.3. The molecule has 0 amide bonds. The van der Waals surface area contributed by atoms with E-state index in [-0.39, 0.29) is 0 Å². The largest absolute Gasteiger partial charge is 0.493 e. The fourth-order valence-corrected chi connectivity index (χ4v) is 3.20. The number of aliphatic imine (C=N–C) groups is 1. The maximum absolute atomic E-state index is 5.42. The normalized spacial score (nSPS) is 11.0. The Bertz CT molecular complexity index is 997. The zero-order valence-corrected chi connectivity index (χ0v) is 18.3. The number of hydrogen-bond donors (Lipinski definition) is 2. The fourth-order valence-electron chi connectivity index (χ4n) is 3.20. The minimum atomic E-state index is 0.546. The number of aromatic nitrogens is 1. The third-order valence-corrected chi connectivity index (χ3v) is 4.76. The molecule has 0 radical (unpaired) electrons. The fraction of sp³-hybridized carbons (Fsp3) is 0.250. The van der Waals surface area contributed by atoms with E-state index in [2.05, 4.69) is 38.8 Å². The monoisotopic (exact) mass is 420 g/mol. The van der Waals surface area contributed by atoms with Crippen LogP contribution in [0.1, 0.15) is 11.1 Å². The molecule has 0 saturated heterocycles. The molecular weight excluding hydrogens is 392 g/mol. The molecule has 31 heavy (non-hydrogen) atoms. The molecule has 1 aromatic heterocycles. The van der Waals surface area contributed by atoms with Crippen LogP contribution < -0.4 is 24.8 Å². The second-order valence-corrected chi connectivity index (χ2v) is 6.73. The Hall–Kier alpha value is -3.74. The minimum absolute atomic E-state index is 0.546. The number of hydrogen-bond acceptors (Lipinski definition) is 5. The van der Waals surface area contributed by atoms with E-state index in [0.29, 0.717) is 36.3 Å². The number of ether oxygens (including phenoxy) is 3. The summed E-state index contributed by atoms with van der Waals surface area (Å²) in [6.07, 6.45) is 1.80. The smallest absolute Gasteiger partial charge is 0.203 e. The van der Waals surface area contributed by atoms with Crippen molar-refractivity contribution in [1.82, 2.24) is 15.6 Å². The Morgan fingerprint density at radius 3 is 2.13 bits per heavy atom. The van der Waals surface area contributed by atoms with Crippen LogP contribution >= 0.6 is 0 Å². The molecule has 3 rings (SSSR count). The van der Waals surface area contributed by atoms with Gasteiger partial charge in [0.1, 0.15) is 0 Å². The summed E-state index contributed by atoms with van der Waals surface area (Å²) in [5.41, 5.74) is 4.16. The van der Waals surface area contributed by atoms with E-state index in [1.54, 1.807) is 34.6 Å². The van der Waals surface area contributed by atoms with Gasteiger partial charge in [-0.15, -0.1) is 0 Å². The van der Waals surface area contributed by atoms with Crippen LogP contribution in [0.15, 0.2) is 65.8 Å². The van der Waals surface area contributed by atoms with Gasteiger partial charge in [-0.3, -0.25) is 9.98 Å². The second kappa shape index (κ2) is 10.9. The molecule has 7 heteroatoms. The maximum Gasteiger partial charge on any atom is 0.203 e. The van der Waals surface area contributed by atoms with Gasteiger partial charge in [-0.25, -0.2) is 0 Å². The van der Waals surface area contributed by atoms with Crippen molar-refractivity contribution in [1.29, 1.82) is 0 Å². The summed E-state index contributed by atoms with van der Waals surface area (Å²) in [6.45, 7) is 1.18. The molecule has 0 unspecified atom stereocenters. The van der Waals surface area contributed by atoms with Crippen molar-refractivity contribution in [2.45, 2.75) is 13.1 Å². The third kappa shape index (κ3) is 5.66. The number of nitrogens with zero attached hydrogens (tertiary/aromatic N) is 2. The van der Waals surface area contributed by atoms with Crippen LogP contribution in [-0.2, 0) is 13.1 Å². The van der Waals surface area contributed by atoms with E-state index in [4.69, 9.17) is 14.2 Å². The average Bonchev–Trinajstić information content (AvgIpc) is 2.84. The Morgan fingerprint density at radius 2 is 1.55 bits per heavy atom. The van der Waals surface area contributed by atoms with E-state index >= 15 is 0 Å². The van der Waals surface area contributed by atoms with E-state index in [9.17, 15) is 0 Å². The van der Waals surface area contributed by atoms with Crippen LogP contribution in [0.4, 0.5) is 0 Å². The Labute approximate surface area is 183 Å². The molecule has 0 aliphatic rings. The molecule has 0 aliphatic heterocycles. The number of methoxy groups -OCH3 is 3. The van der Waals surface area contributed by atoms with Gasteiger partial charge in [0.05, 0.1) is 27.0 Å². The van der Waals surface area contributed by atoms with Crippen molar-refractivity contribution in [3.63, 3.8) is 0 Å². The molecule has 2 aromatic carbocycles. The number of nitrogens with one attached hydrogen (secondary N) is 2. The first-order valence-electron chi connectivity index (χ1n) is 9.92. The van der Waals surface area contributed by atoms with E-state index in [1.165, 1.54) is 0 Å². The predicted molar refractivity (Wildman–Crippen MR) is 123 cm³/mol. The Kier molecular flexibility index (Phi) is 7.70. The summed E-state index contributed by atoms with van der Waals surface area (Å²) < 4.78 is 16.2. The van der Waals surface area contributed by atoms with Gasteiger partial charge in [0.25, 0.3) is 0 Å². The lowest BCUT2D eigenvalue weighted by Gasteiger charge is -2.16. The van der Waals surface area contributed by atoms with Crippen LogP contribution in [0.5, 0.6) is 17.2 Å². The number of rotatable bonds is 8. The van der Waals surface area contributed by atoms with Crippen LogP contribution in [0.3, 0.4) is 0 Å². The van der Waals surface area contributed by atoms with Crippen LogP contribution in [0.25, 0.3) is 11.3 Å². The molecule has 0 spiro atoms. The van der Waals surface area contributed by atoms with Gasteiger partial charge in [-0.1, -0.05) is 24.3 Å². The topological polar surface area (TPSA) is 77.0 Å². The quantitative estimate of drug-likeness (QED) is 0.428. The van der Waals surface area contributed by atoms with Gasteiger partial charge in [0.15, 0.2) is 17.5 Å². The molecule has 0 fully saturated rings. The van der Waals surface area contributed by atoms with Crippen molar-refractivity contribution in [2.75, 3.05) is 28.4 Å². The van der Waals surface area contributed by atoms with Crippen LogP contribution in [-0.4, -0.2) is 39.3 Å². The first-order valence-corrected chi connectivity index (χ1v) is 9.92. The van der Waals surface area contributed by atoms with Crippen molar-refractivity contribution in [3.05, 3.63) is 71.9 Å². The summed E-state index contributed by atoms with van der Waals surface area (Å²) in [6, 6.07) is 18.0. The standard InChI is InChI=1S/C24H28N4O3/c1-25-24(28-16-18-13-21(29-2)23(31-4)22(14-18)30-3)27-15-17-8-7-9-19(12-17)20-10-5-6-11-26-20/h5-14H,15-16H2,1-4H3,(H2,25,27,28). The van der Waals surface area contributed by atoms with Crippen molar-refractivity contribution >= 4 is 5.96 Å². The predicted octanol–water partition coefficient (Wildman–Crippen LogP) is 3.64. The lowest BCUT2D eigenvalue weighted by molar-refractivity contribution is 0.323. The van der Waals surface area contributed by atoms with E-state index in [1.807, 2.05) is 36.4 Å². The molecule has 0 atom stereocenters. The Morgan fingerprint density at radius 1 is 0.839 bits per heavy atom. The van der Waals surface area contributed by atoms with E-state index < -0.39 is 0 Å². The van der Waals surface area contributed by atoms with Crippen LogP contribution in [0.2, 0.25) is 0 Å².